The maximum absolute atomic E-state index is 11.2. The summed E-state index contributed by atoms with van der Waals surface area (Å²) in [6.07, 6.45) is 0. The van der Waals surface area contributed by atoms with Crippen molar-refractivity contribution in [1.82, 2.24) is 27.4 Å². The Bertz CT molecular complexity index is 6710. The molecule has 0 saturated carbocycles. The number of nitrogens with zero attached hydrogens (tertiary/aromatic N) is 8. The number of aromatic nitrogens is 6. The Labute approximate surface area is 578 Å². The van der Waals surface area contributed by atoms with Crippen molar-refractivity contribution in [3.8, 4) is 68.5 Å². The van der Waals surface area contributed by atoms with Crippen LogP contribution in [-0.2, 0) is 0 Å². The van der Waals surface area contributed by atoms with Crippen molar-refractivity contribution >= 4 is 131 Å². The van der Waals surface area contributed by atoms with Crippen LogP contribution in [0.5, 0.6) is 0 Å². The van der Waals surface area contributed by atoms with Gasteiger partial charge in [-0.25, -0.2) is 0 Å². The van der Waals surface area contributed by atoms with E-state index in [-0.39, 0.29) is 0 Å². The quantitative estimate of drug-likeness (QED) is 0.152. The lowest BCUT2D eigenvalue weighted by Gasteiger charge is -2.21. The summed E-state index contributed by atoms with van der Waals surface area (Å²) in [4.78, 5) is 0. The van der Waals surface area contributed by atoms with Crippen LogP contribution in [0.25, 0.3) is 187 Å². The third-order valence-electron chi connectivity index (χ3n) is 21.4. The lowest BCUT2D eigenvalue weighted by Crippen LogP contribution is -2.03. The molecule has 21 rings (SSSR count). The molecule has 0 fully saturated rings. The fourth-order valence-electron chi connectivity index (χ4n) is 17.1. The molecule has 0 aliphatic rings. The lowest BCUT2D eigenvalue weighted by atomic mass is 9.92. The molecule has 0 unspecified atom stereocenters. The molecule has 8 heteroatoms. The van der Waals surface area contributed by atoms with E-state index in [9.17, 15) is 10.5 Å². The third kappa shape index (κ3) is 8.16. The highest BCUT2D eigenvalue weighted by Crippen LogP contribution is 2.47. The van der Waals surface area contributed by atoms with Gasteiger partial charge in [0, 0.05) is 98.5 Å². The Morgan fingerprint density at radius 3 is 0.762 bits per heavy atom. The molecular formula is C93H56N8. The zero-order chi connectivity index (χ0) is 66.7. The molecule has 0 aliphatic carbocycles. The summed E-state index contributed by atoms with van der Waals surface area (Å²) in [7, 11) is 0. The van der Waals surface area contributed by atoms with E-state index >= 15 is 0 Å². The largest absolute Gasteiger partial charge is 0.309 e. The molecular weight excluding hydrogens is 1230 g/mol. The van der Waals surface area contributed by atoms with Crippen LogP contribution in [0.4, 0.5) is 0 Å². The Hall–Kier alpha value is -13.9. The van der Waals surface area contributed by atoms with Crippen molar-refractivity contribution in [3.63, 3.8) is 0 Å². The van der Waals surface area contributed by atoms with E-state index in [1.165, 1.54) is 43.1 Å². The minimum atomic E-state index is 0.534. The molecule has 6 aromatic heterocycles. The summed E-state index contributed by atoms with van der Waals surface area (Å²) in [6.45, 7) is 2.08. The van der Waals surface area contributed by atoms with Gasteiger partial charge in [0.15, 0.2) is 0 Å². The molecule has 101 heavy (non-hydrogen) atoms. The van der Waals surface area contributed by atoms with Gasteiger partial charge in [0.1, 0.15) is 0 Å². The monoisotopic (exact) mass is 1280 g/mol. The van der Waals surface area contributed by atoms with Gasteiger partial charge in [-0.15, -0.1) is 0 Å². The fraction of sp³-hybridized carbons (Fsp3) is 0.0108. The van der Waals surface area contributed by atoms with E-state index in [4.69, 9.17) is 0 Å². The van der Waals surface area contributed by atoms with Crippen LogP contribution in [-0.4, -0.2) is 27.4 Å². The van der Waals surface area contributed by atoms with Crippen molar-refractivity contribution in [3.05, 3.63) is 338 Å². The van der Waals surface area contributed by atoms with Gasteiger partial charge in [0.25, 0.3) is 0 Å². The van der Waals surface area contributed by atoms with Crippen LogP contribution >= 0.6 is 0 Å². The van der Waals surface area contributed by atoms with Gasteiger partial charge >= 0.3 is 0 Å². The van der Waals surface area contributed by atoms with E-state index < -0.39 is 0 Å². The molecule has 468 valence electrons. The predicted molar refractivity (Wildman–Crippen MR) is 418 cm³/mol. The number of hydrogen-bond donors (Lipinski definition) is 0. The van der Waals surface area contributed by atoms with Crippen molar-refractivity contribution in [2.75, 3.05) is 0 Å². The van der Waals surface area contributed by atoms with Gasteiger partial charge < -0.3 is 27.4 Å². The van der Waals surface area contributed by atoms with Gasteiger partial charge in [-0.2, -0.15) is 10.5 Å². The Kier molecular flexibility index (Phi) is 12.0. The first-order valence-electron chi connectivity index (χ1n) is 34.3. The Morgan fingerprint density at radius 2 is 0.465 bits per heavy atom. The van der Waals surface area contributed by atoms with Crippen LogP contribution < -0.4 is 0 Å². The number of rotatable bonds is 8. The summed E-state index contributed by atoms with van der Waals surface area (Å²) in [5.41, 5.74) is 25.2. The highest BCUT2D eigenvalue weighted by Gasteiger charge is 2.26. The first-order valence-corrected chi connectivity index (χ1v) is 34.3. The number of fused-ring (bicyclic) bond motifs is 18. The summed E-state index contributed by atoms with van der Waals surface area (Å²) in [5, 5.41) is 35.4. The second-order valence-electron chi connectivity index (χ2n) is 26.7. The topological polar surface area (TPSA) is 77.2 Å². The smallest absolute Gasteiger partial charge is 0.0991 e. The summed E-state index contributed by atoms with van der Waals surface area (Å²) in [6, 6.07) is 122. The maximum Gasteiger partial charge on any atom is 0.0991 e. The van der Waals surface area contributed by atoms with Crippen molar-refractivity contribution in [2.24, 2.45) is 0 Å². The average molecular weight is 1290 g/mol. The molecule has 21 aromatic rings. The van der Waals surface area contributed by atoms with Gasteiger partial charge in [-0.3, -0.25) is 0 Å². The Balaban J connectivity index is 0.859. The van der Waals surface area contributed by atoms with Gasteiger partial charge in [-0.1, -0.05) is 158 Å². The fourth-order valence-corrected chi connectivity index (χ4v) is 17.1. The highest BCUT2D eigenvalue weighted by atomic mass is 15.0. The predicted octanol–water partition coefficient (Wildman–Crippen LogP) is 23.7. The summed E-state index contributed by atoms with van der Waals surface area (Å²) < 4.78 is 14.5. The van der Waals surface area contributed by atoms with Crippen LogP contribution in [0, 0.1) is 29.6 Å². The molecule has 0 radical (unpaired) electrons. The van der Waals surface area contributed by atoms with Crippen molar-refractivity contribution in [2.45, 2.75) is 6.92 Å². The Morgan fingerprint density at radius 1 is 0.208 bits per heavy atom. The van der Waals surface area contributed by atoms with Gasteiger partial charge in [0.2, 0.25) is 0 Å². The minimum Gasteiger partial charge on any atom is -0.309 e. The van der Waals surface area contributed by atoms with E-state index in [0.29, 0.717) is 11.1 Å². The molecule has 0 saturated heterocycles. The van der Waals surface area contributed by atoms with Crippen LogP contribution in [0.1, 0.15) is 16.7 Å². The molecule has 0 atom stereocenters. The zero-order valence-electron chi connectivity index (χ0n) is 54.7. The molecule has 0 amide bonds. The SMILES string of the molecule is Cc1cc(C#N)ccc1-c1ccc(-n2c3ccc(-n4c5ccccc5c5ccccc54)cc3c3cc(-n4c5ccccc5c5ccccc54)ccc32)c(-c2cc(C#N)ccc2-n2c3ccc(-n4c5ccccc5c5ccccc54)cc3c3cc(-n4c5ccccc5c5ccccc54)ccc32)c1. The minimum absolute atomic E-state index is 0.534. The van der Waals surface area contributed by atoms with Gasteiger partial charge in [-0.05, 0) is 187 Å². The van der Waals surface area contributed by atoms with E-state index in [1.54, 1.807) is 0 Å². The lowest BCUT2D eigenvalue weighted by molar-refractivity contribution is 1.15. The molecule has 0 N–H and O–H groups in total. The van der Waals surface area contributed by atoms with E-state index in [2.05, 4.69) is 350 Å². The standard InChI is InChI=1S/C93H56N8/c1-57-48-58(55-94)34-41-65(57)60-36-43-89(101-92-46-39-63(98-84-30-14-6-22-70(84)71-23-7-15-31-85(71)98)53-78(92)79-54-64(40-47-93(79)101)99-86-32-16-8-24-72(86)73-25-9-17-33-87(73)99)75(50-60)74-49-59(56-95)35-42-88(74)100-90-44-37-61(96-80-26-10-2-18-66(80)67-19-3-11-27-81(67)96)51-76(90)77-52-62(38-45-91(77)100)97-82-28-12-4-20-68(82)69-21-5-13-29-83(69)97/h2-54H,1H3. The number of para-hydroxylation sites is 8. The van der Waals surface area contributed by atoms with Crippen LogP contribution in [0.2, 0.25) is 0 Å². The highest BCUT2D eigenvalue weighted by molar-refractivity contribution is 6.17. The third-order valence-corrected chi connectivity index (χ3v) is 21.4. The van der Waals surface area contributed by atoms with E-state index in [0.717, 1.165) is 150 Å². The zero-order valence-corrected chi connectivity index (χ0v) is 54.7. The van der Waals surface area contributed by atoms with Gasteiger partial charge in [0.05, 0.1) is 101 Å². The van der Waals surface area contributed by atoms with Crippen LogP contribution in [0.15, 0.2) is 322 Å². The summed E-state index contributed by atoms with van der Waals surface area (Å²) >= 11 is 0. The second kappa shape index (κ2) is 21.5. The number of nitriles is 2. The normalized spacial score (nSPS) is 12.0. The molecule has 0 aliphatic heterocycles. The first kappa shape index (κ1) is 56.3. The van der Waals surface area contributed by atoms with Crippen molar-refractivity contribution in [1.29, 1.82) is 10.5 Å². The average Bonchev–Trinajstić information content (AvgIpc) is 1.58. The molecule has 6 heterocycles. The summed E-state index contributed by atoms with van der Waals surface area (Å²) in [5.74, 6) is 0. The van der Waals surface area contributed by atoms with Crippen LogP contribution in [0.3, 0.4) is 0 Å². The molecule has 15 aromatic carbocycles. The number of benzene rings is 15. The molecule has 0 spiro atoms. The second-order valence-corrected chi connectivity index (χ2v) is 26.7. The van der Waals surface area contributed by atoms with Crippen molar-refractivity contribution < 1.29 is 0 Å². The number of aryl methyl sites for hydroxylation is 1. The molecule has 8 nitrogen and oxygen atoms in total. The number of hydrogen-bond acceptors (Lipinski definition) is 2. The maximum atomic E-state index is 11.2. The van der Waals surface area contributed by atoms with E-state index in [1.807, 2.05) is 18.2 Å². The molecule has 0 bridgehead atoms. The first-order chi connectivity index (χ1) is 49.9.